The number of hydrogen-bond donors (Lipinski definition) is 4. The molecule has 1 unspecified atom stereocenters. The molecule has 15 heteroatoms. The minimum Gasteiger partial charge on any atom is -0.455 e. The molecule has 320 valence electrons. The van der Waals surface area contributed by atoms with Gasteiger partial charge in [-0.05, 0) is 60.3 Å². The number of hydrazine groups is 1. The lowest BCUT2D eigenvalue weighted by atomic mass is 9.82. The van der Waals surface area contributed by atoms with Crippen molar-refractivity contribution >= 4 is 29.8 Å². The summed E-state index contributed by atoms with van der Waals surface area (Å²) in [6.07, 6.45) is 0.813. The first-order valence-electron chi connectivity index (χ1n) is 20.5. The molecule has 3 amide bonds. The highest BCUT2D eigenvalue weighted by atomic mass is 16.6. The first-order valence-corrected chi connectivity index (χ1v) is 20.5. The smallest absolute Gasteiger partial charge is 0.407 e. The van der Waals surface area contributed by atoms with Gasteiger partial charge in [0.2, 0.25) is 0 Å². The molecule has 0 spiro atoms. The van der Waals surface area contributed by atoms with Crippen LogP contribution in [0.5, 0.6) is 0 Å². The molecular weight excluding hydrogens is 745 g/mol. The van der Waals surface area contributed by atoms with Crippen LogP contribution in [0.1, 0.15) is 81.3 Å². The van der Waals surface area contributed by atoms with Crippen molar-refractivity contribution < 1.29 is 42.9 Å². The summed E-state index contributed by atoms with van der Waals surface area (Å²) in [5.74, 6) is -3.37. The zero-order chi connectivity index (χ0) is 42.2. The van der Waals surface area contributed by atoms with Gasteiger partial charge in [-0.3, -0.25) is 19.9 Å². The van der Waals surface area contributed by atoms with Gasteiger partial charge in [0.1, 0.15) is 18.3 Å². The second kappa shape index (κ2) is 23.1. The van der Waals surface area contributed by atoms with E-state index in [1.54, 1.807) is 44.8 Å². The maximum atomic E-state index is 14.9. The normalized spacial score (nSPS) is 17.8. The van der Waals surface area contributed by atoms with E-state index in [0.717, 1.165) is 56.3 Å². The molecule has 5 atom stereocenters. The van der Waals surface area contributed by atoms with Crippen molar-refractivity contribution in [2.75, 3.05) is 47.1 Å². The predicted molar refractivity (Wildman–Crippen MR) is 218 cm³/mol. The van der Waals surface area contributed by atoms with Gasteiger partial charge >= 0.3 is 18.2 Å². The van der Waals surface area contributed by atoms with Gasteiger partial charge in [-0.1, -0.05) is 89.4 Å². The summed E-state index contributed by atoms with van der Waals surface area (Å²) >= 11 is 0. The largest absolute Gasteiger partial charge is 0.455 e. The Morgan fingerprint density at radius 2 is 1.40 bits per heavy atom. The van der Waals surface area contributed by atoms with E-state index in [1.165, 1.54) is 14.2 Å². The van der Waals surface area contributed by atoms with Gasteiger partial charge in [0.05, 0.1) is 45.0 Å². The lowest BCUT2D eigenvalue weighted by molar-refractivity contribution is -0.137. The number of rotatable bonds is 19. The number of hydrogen-bond acceptors (Lipinski definition) is 12. The fourth-order valence-corrected chi connectivity index (χ4v) is 7.57. The number of benzene rings is 2. The number of Topliss-reactive ketones (excluding diaryl/α,β-unsaturated/α-hetero) is 1. The van der Waals surface area contributed by atoms with Crippen LogP contribution in [0.4, 0.5) is 9.59 Å². The molecule has 1 heterocycles. The van der Waals surface area contributed by atoms with E-state index < -0.39 is 60.1 Å². The molecule has 0 radical (unpaired) electrons. The molecule has 1 saturated heterocycles. The van der Waals surface area contributed by atoms with Crippen molar-refractivity contribution in [1.82, 2.24) is 26.0 Å². The number of ketones is 1. The summed E-state index contributed by atoms with van der Waals surface area (Å²) in [5.41, 5.74) is 12.2. The van der Waals surface area contributed by atoms with Gasteiger partial charge in [-0.25, -0.2) is 19.4 Å². The minimum atomic E-state index is -1.34. The molecular formula is C43H64N6O9. The van der Waals surface area contributed by atoms with Crippen LogP contribution < -0.4 is 21.8 Å². The number of carbonyl (C=O) groups is 5. The van der Waals surface area contributed by atoms with E-state index in [2.05, 4.69) is 21.0 Å². The summed E-state index contributed by atoms with van der Waals surface area (Å²) < 4.78 is 21.6. The van der Waals surface area contributed by atoms with Crippen LogP contribution in [-0.4, -0.2) is 111 Å². The van der Waals surface area contributed by atoms with Gasteiger partial charge in [-0.15, -0.1) is 0 Å². The van der Waals surface area contributed by atoms with E-state index in [0.29, 0.717) is 26.3 Å². The number of esters is 1. The molecule has 0 aromatic heterocycles. The highest BCUT2D eigenvalue weighted by Gasteiger charge is 2.44. The first kappa shape index (κ1) is 46.1. The molecule has 0 bridgehead atoms. The third-order valence-corrected chi connectivity index (χ3v) is 11.0. The molecule has 1 saturated carbocycles. The SMILES string of the molecule is COC(=O)N[C@H](C(=O)NN(CC1CCCCC1)C(N)[C@@H](OC(=O)c1ccc(CN2CCOCC2)cc1)[C@H](Cc1ccccc1)C(=O)[C@@H](NC(=O)OC)C(C)C)C(C)C. The Bertz CT molecular complexity index is 1610. The monoisotopic (exact) mass is 808 g/mol. The standard InChI is InChI=1S/C43H64N6O9/c1-28(2)35(45-42(53)55-5)37(50)34(25-30-13-9-7-10-14-30)38(58-41(52)33-19-17-32(18-20-33)26-48-21-23-57-24-22-48)39(44)49(27-31-15-11-8-12-16-31)47-40(51)36(29(3)4)46-43(54)56-6/h7,9-10,13-14,17-20,28-29,31,34-36,38-39H,8,11-12,15-16,21-27,44H2,1-6H3,(H,45,53)(H,46,54)(H,47,51)/t34-,35+,36+,38+,39?/m1/s1. The number of alkyl carbamates (subject to hydrolysis) is 2. The van der Waals surface area contributed by atoms with Crippen molar-refractivity contribution in [2.45, 2.75) is 97.1 Å². The molecule has 2 fully saturated rings. The average molecular weight is 809 g/mol. The van der Waals surface area contributed by atoms with E-state index in [1.807, 2.05) is 42.5 Å². The number of morpholine rings is 1. The Hall–Kier alpha value is -4.57. The van der Waals surface area contributed by atoms with Gasteiger partial charge < -0.3 is 35.3 Å². The molecule has 2 aliphatic rings. The molecule has 2 aromatic rings. The summed E-state index contributed by atoms with van der Waals surface area (Å²) in [4.78, 5) is 70.5. The van der Waals surface area contributed by atoms with Crippen LogP contribution in [0.2, 0.25) is 0 Å². The molecule has 4 rings (SSSR count). The van der Waals surface area contributed by atoms with Crippen molar-refractivity contribution in [3.05, 3.63) is 71.3 Å². The second-order valence-corrected chi connectivity index (χ2v) is 16.0. The summed E-state index contributed by atoms with van der Waals surface area (Å²) in [6, 6.07) is 14.4. The first-order chi connectivity index (χ1) is 27.8. The second-order valence-electron chi connectivity index (χ2n) is 16.0. The summed E-state index contributed by atoms with van der Waals surface area (Å²) in [7, 11) is 2.44. The number of nitrogens with two attached hydrogens (primary N) is 1. The molecule has 2 aromatic carbocycles. The molecule has 58 heavy (non-hydrogen) atoms. The fraction of sp³-hybridized carbons (Fsp3) is 0.605. The Labute approximate surface area is 343 Å². The Balaban J connectivity index is 1.78. The lowest BCUT2D eigenvalue weighted by Gasteiger charge is -2.40. The zero-order valence-electron chi connectivity index (χ0n) is 34.9. The fourth-order valence-electron chi connectivity index (χ4n) is 7.57. The van der Waals surface area contributed by atoms with E-state index in [-0.39, 0.29) is 29.7 Å². The van der Waals surface area contributed by atoms with Crippen LogP contribution in [0.25, 0.3) is 0 Å². The van der Waals surface area contributed by atoms with Crippen molar-refractivity contribution in [2.24, 2.45) is 29.4 Å². The van der Waals surface area contributed by atoms with Gasteiger partial charge in [0.15, 0.2) is 5.78 Å². The predicted octanol–water partition coefficient (Wildman–Crippen LogP) is 4.43. The van der Waals surface area contributed by atoms with Crippen molar-refractivity contribution in [1.29, 1.82) is 0 Å². The number of nitrogens with zero attached hydrogens (tertiary/aromatic N) is 2. The molecule has 5 N–H and O–H groups in total. The van der Waals surface area contributed by atoms with E-state index in [4.69, 9.17) is 24.7 Å². The quantitative estimate of drug-likeness (QED) is 0.0677. The average Bonchev–Trinajstić information content (AvgIpc) is 3.23. The Morgan fingerprint density at radius 1 is 0.810 bits per heavy atom. The van der Waals surface area contributed by atoms with Crippen LogP contribution in [0.15, 0.2) is 54.6 Å². The Kier molecular flexibility index (Phi) is 18.4. The molecule has 15 nitrogen and oxygen atoms in total. The number of ether oxygens (including phenoxy) is 4. The number of carbonyl (C=O) groups excluding carboxylic acids is 5. The number of amides is 3. The van der Waals surface area contributed by atoms with Crippen LogP contribution in [0, 0.1) is 23.7 Å². The highest BCUT2D eigenvalue weighted by Crippen LogP contribution is 2.28. The third kappa shape index (κ3) is 13.8. The maximum absolute atomic E-state index is 14.9. The highest BCUT2D eigenvalue weighted by molar-refractivity contribution is 5.92. The zero-order valence-corrected chi connectivity index (χ0v) is 34.9. The van der Waals surface area contributed by atoms with Crippen molar-refractivity contribution in [3.8, 4) is 0 Å². The molecule has 1 aliphatic heterocycles. The van der Waals surface area contributed by atoms with Crippen molar-refractivity contribution in [3.63, 3.8) is 0 Å². The van der Waals surface area contributed by atoms with E-state index >= 15 is 0 Å². The lowest BCUT2D eigenvalue weighted by Crippen LogP contribution is -2.65. The van der Waals surface area contributed by atoms with Gasteiger partial charge in [-0.2, -0.15) is 0 Å². The summed E-state index contributed by atoms with van der Waals surface area (Å²) in [6.45, 7) is 11.1. The number of methoxy groups -OCH3 is 2. The summed E-state index contributed by atoms with van der Waals surface area (Å²) in [5, 5.41) is 6.85. The maximum Gasteiger partial charge on any atom is 0.407 e. The van der Waals surface area contributed by atoms with E-state index in [9.17, 15) is 24.0 Å². The van der Waals surface area contributed by atoms with Crippen LogP contribution in [-0.2, 0) is 41.5 Å². The van der Waals surface area contributed by atoms with Crippen LogP contribution in [0.3, 0.4) is 0 Å². The van der Waals surface area contributed by atoms with Gasteiger partial charge in [0, 0.05) is 26.2 Å². The van der Waals surface area contributed by atoms with Crippen LogP contribution >= 0.6 is 0 Å². The topological polar surface area (TPSA) is 191 Å². The number of nitrogens with one attached hydrogen (secondary N) is 3. The third-order valence-electron chi connectivity index (χ3n) is 11.0. The molecule has 1 aliphatic carbocycles. The minimum absolute atomic E-state index is 0.0968. The Morgan fingerprint density at radius 3 is 1.97 bits per heavy atom. The van der Waals surface area contributed by atoms with Gasteiger partial charge in [0.25, 0.3) is 5.91 Å².